The normalized spacial score (nSPS) is 19.1. The first-order chi connectivity index (χ1) is 15.5. The summed E-state index contributed by atoms with van der Waals surface area (Å²) in [7, 11) is 0. The molecule has 0 saturated heterocycles. The van der Waals surface area contributed by atoms with Crippen molar-refractivity contribution in [2.24, 2.45) is 0 Å². The molecule has 160 valence electrons. The predicted molar refractivity (Wildman–Crippen MR) is 119 cm³/mol. The lowest BCUT2D eigenvalue weighted by atomic mass is 9.85. The van der Waals surface area contributed by atoms with E-state index in [0.29, 0.717) is 35.0 Å². The first kappa shape index (κ1) is 20.0. The van der Waals surface area contributed by atoms with Crippen LogP contribution in [0.1, 0.15) is 36.7 Å². The molecule has 3 heterocycles. The van der Waals surface area contributed by atoms with Gasteiger partial charge in [0.2, 0.25) is 0 Å². The Morgan fingerprint density at radius 1 is 1.12 bits per heavy atom. The molecule has 0 spiro atoms. The standard InChI is InChI=1S/C25H22N4O3/c1-25(2)23(30)22(18-13-16(14-26)10-11-20(18)32-25)29(15-17-7-5-6-12-27-17)24-28-19-8-3-4-9-21(19)31-24/h3-13,22-23,30H,15H2,1-2H3/t22?,23-/m1/s1. The fourth-order valence-electron chi connectivity index (χ4n) is 4.11. The lowest BCUT2D eigenvalue weighted by Gasteiger charge is -2.45. The van der Waals surface area contributed by atoms with Gasteiger partial charge < -0.3 is 19.2 Å². The van der Waals surface area contributed by atoms with E-state index in [1.807, 2.05) is 61.2 Å². The number of aliphatic hydroxyl groups excluding tert-OH is 1. The SMILES string of the molecule is CC1(C)Oc2ccc(C#N)cc2C(N(Cc2ccccn2)c2nc3ccccc3o2)[C@H]1O. The van der Waals surface area contributed by atoms with Gasteiger partial charge in [-0.3, -0.25) is 4.98 Å². The Bertz CT molecular complexity index is 1280. The van der Waals surface area contributed by atoms with Gasteiger partial charge in [0.1, 0.15) is 23.0 Å². The molecule has 2 aromatic carbocycles. The van der Waals surface area contributed by atoms with Crippen molar-refractivity contribution in [3.8, 4) is 11.8 Å². The molecule has 7 nitrogen and oxygen atoms in total. The zero-order chi connectivity index (χ0) is 22.3. The summed E-state index contributed by atoms with van der Waals surface area (Å²) < 4.78 is 12.2. The lowest BCUT2D eigenvalue weighted by Crippen LogP contribution is -2.53. The van der Waals surface area contributed by atoms with Crippen LogP contribution in [0.4, 0.5) is 6.01 Å². The lowest BCUT2D eigenvalue weighted by molar-refractivity contribution is -0.0596. The number of hydrogen-bond acceptors (Lipinski definition) is 7. The Labute approximate surface area is 185 Å². The summed E-state index contributed by atoms with van der Waals surface area (Å²) in [6.07, 6.45) is 0.800. The van der Waals surface area contributed by atoms with Gasteiger partial charge in [0.25, 0.3) is 6.01 Å². The van der Waals surface area contributed by atoms with Crippen molar-refractivity contribution in [3.05, 3.63) is 83.7 Å². The van der Waals surface area contributed by atoms with E-state index in [1.165, 1.54) is 0 Å². The highest BCUT2D eigenvalue weighted by Crippen LogP contribution is 2.45. The predicted octanol–water partition coefficient (Wildman–Crippen LogP) is 4.37. The van der Waals surface area contributed by atoms with E-state index in [4.69, 9.17) is 14.1 Å². The zero-order valence-corrected chi connectivity index (χ0v) is 17.8. The zero-order valence-electron chi connectivity index (χ0n) is 17.8. The van der Waals surface area contributed by atoms with E-state index in [1.54, 1.807) is 24.4 Å². The number of pyridine rings is 1. The molecule has 7 heteroatoms. The minimum Gasteiger partial charge on any atom is -0.485 e. The Balaban J connectivity index is 1.70. The largest absolute Gasteiger partial charge is 0.485 e. The second-order valence-electron chi connectivity index (χ2n) is 8.37. The van der Waals surface area contributed by atoms with Crippen molar-refractivity contribution in [3.63, 3.8) is 0 Å². The highest BCUT2D eigenvalue weighted by atomic mass is 16.5. The van der Waals surface area contributed by atoms with Crippen molar-refractivity contribution < 1.29 is 14.3 Å². The summed E-state index contributed by atoms with van der Waals surface area (Å²) >= 11 is 0. The molecule has 0 aliphatic carbocycles. The van der Waals surface area contributed by atoms with Crippen LogP contribution in [0.15, 0.2) is 71.3 Å². The van der Waals surface area contributed by atoms with Crippen LogP contribution in [0.2, 0.25) is 0 Å². The molecule has 1 aliphatic rings. The van der Waals surface area contributed by atoms with Gasteiger partial charge >= 0.3 is 0 Å². The molecule has 0 fully saturated rings. The minimum absolute atomic E-state index is 0.349. The molecule has 5 rings (SSSR count). The van der Waals surface area contributed by atoms with Crippen molar-refractivity contribution in [1.82, 2.24) is 9.97 Å². The van der Waals surface area contributed by atoms with Gasteiger partial charge in [-0.2, -0.15) is 10.2 Å². The summed E-state index contributed by atoms with van der Waals surface area (Å²) in [4.78, 5) is 11.1. The first-order valence-electron chi connectivity index (χ1n) is 10.4. The van der Waals surface area contributed by atoms with E-state index in [2.05, 4.69) is 11.1 Å². The van der Waals surface area contributed by atoms with Crippen LogP contribution in [0, 0.1) is 11.3 Å². The molecule has 2 aromatic heterocycles. The first-order valence-corrected chi connectivity index (χ1v) is 10.4. The van der Waals surface area contributed by atoms with Crippen molar-refractivity contribution in [1.29, 1.82) is 5.26 Å². The smallest absolute Gasteiger partial charge is 0.299 e. The molecule has 1 N–H and O–H groups in total. The van der Waals surface area contributed by atoms with Gasteiger partial charge in [-0.1, -0.05) is 18.2 Å². The molecule has 0 saturated carbocycles. The van der Waals surface area contributed by atoms with Gasteiger partial charge in [-0.05, 0) is 56.3 Å². The number of aliphatic hydroxyl groups is 1. The number of nitrogens with zero attached hydrogens (tertiary/aromatic N) is 4. The second-order valence-corrected chi connectivity index (χ2v) is 8.37. The molecule has 0 radical (unpaired) electrons. The number of ether oxygens (including phenoxy) is 1. The topological polar surface area (TPSA) is 95.4 Å². The van der Waals surface area contributed by atoms with Crippen molar-refractivity contribution in [2.75, 3.05) is 4.90 Å². The Morgan fingerprint density at radius 3 is 2.69 bits per heavy atom. The van der Waals surface area contributed by atoms with E-state index >= 15 is 0 Å². The average Bonchev–Trinajstić information content (AvgIpc) is 3.23. The molecule has 2 atom stereocenters. The monoisotopic (exact) mass is 426 g/mol. The van der Waals surface area contributed by atoms with Gasteiger partial charge in [0, 0.05) is 11.8 Å². The number of hydrogen-bond donors (Lipinski definition) is 1. The number of aromatic nitrogens is 2. The minimum atomic E-state index is -0.928. The fraction of sp³-hybridized carbons (Fsp3) is 0.240. The van der Waals surface area contributed by atoms with E-state index in [0.717, 1.165) is 11.2 Å². The number of fused-ring (bicyclic) bond motifs is 2. The number of anilines is 1. The van der Waals surface area contributed by atoms with E-state index in [-0.39, 0.29) is 0 Å². The number of nitriles is 1. The molecular formula is C25H22N4O3. The fourth-order valence-corrected chi connectivity index (χ4v) is 4.11. The maximum Gasteiger partial charge on any atom is 0.299 e. The quantitative estimate of drug-likeness (QED) is 0.517. The number of rotatable bonds is 4. The van der Waals surface area contributed by atoms with Crippen LogP contribution in [-0.4, -0.2) is 26.8 Å². The van der Waals surface area contributed by atoms with Crippen LogP contribution >= 0.6 is 0 Å². The van der Waals surface area contributed by atoms with Gasteiger partial charge in [-0.25, -0.2) is 0 Å². The van der Waals surface area contributed by atoms with E-state index in [9.17, 15) is 10.4 Å². The summed E-state index contributed by atoms with van der Waals surface area (Å²) in [5.41, 5.74) is 2.48. The Kier molecular flexibility index (Phi) is 4.80. The highest BCUT2D eigenvalue weighted by Gasteiger charge is 2.46. The number of benzene rings is 2. The molecule has 4 aromatic rings. The van der Waals surface area contributed by atoms with Crippen molar-refractivity contribution in [2.45, 2.75) is 38.1 Å². The molecule has 0 amide bonds. The molecule has 0 bridgehead atoms. The van der Waals surface area contributed by atoms with Crippen LogP contribution in [-0.2, 0) is 6.54 Å². The third-order valence-electron chi connectivity index (χ3n) is 5.76. The third-order valence-corrected chi connectivity index (χ3v) is 5.76. The number of para-hydroxylation sites is 2. The Morgan fingerprint density at radius 2 is 1.94 bits per heavy atom. The van der Waals surface area contributed by atoms with Gasteiger partial charge in [0.05, 0.1) is 29.9 Å². The summed E-state index contributed by atoms with van der Waals surface area (Å²) in [5, 5.41) is 20.9. The maximum absolute atomic E-state index is 11.5. The molecule has 1 unspecified atom stereocenters. The number of oxazole rings is 1. The van der Waals surface area contributed by atoms with Crippen LogP contribution in [0.25, 0.3) is 11.1 Å². The Hall–Kier alpha value is -3.89. The van der Waals surface area contributed by atoms with Crippen LogP contribution in [0.5, 0.6) is 5.75 Å². The third kappa shape index (κ3) is 3.45. The highest BCUT2D eigenvalue weighted by molar-refractivity contribution is 5.74. The molecular weight excluding hydrogens is 404 g/mol. The van der Waals surface area contributed by atoms with Gasteiger partial charge in [0.15, 0.2) is 5.58 Å². The van der Waals surface area contributed by atoms with Crippen LogP contribution in [0.3, 0.4) is 0 Å². The second kappa shape index (κ2) is 7.66. The maximum atomic E-state index is 11.5. The summed E-state index contributed by atoms with van der Waals surface area (Å²) in [6.45, 7) is 4.04. The average molecular weight is 426 g/mol. The molecule has 32 heavy (non-hydrogen) atoms. The molecule has 1 aliphatic heterocycles. The van der Waals surface area contributed by atoms with Gasteiger partial charge in [-0.15, -0.1) is 0 Å². The van der Waals surface area contributed by atoms with E-state index < -0.39 is 17.7 Å². The van der Waals surface area contributed by atoms with Crippen LogP contribution < -0.4 is 9.64 Å². The summed E-state index contributed by atoms with van der Waals surface area (Å²) in [5.74, 6) is 0.617. The summed E-state index contributed by atoms with van der Waals surface area (Å²) in [6, 6.07) is 20.4. The van der Waals surface area contributed by atoms with Crippen molar-refractivity contribution >= 4 is 17.1 Å².